The number of hydrogen-bond donors (Lipinski definition) is 1. The van der Waals surface area contributed by atoms with Gasteiger partial charge in [-0.25, -0.2) is 4.98 Å². The van der Waals surface area contributed by atoms with Gasteiger partial charge in [-0.1, -0.05) is 30.3 Å². The summed E-state index contributed by atoms with van der Waals surface area (Å²) < 4.78 is 0. The number of nitro benzene ring substituents is 1. The van der Waals surface area contributed by atoms with Crippen molar-refractivity contribution in [3.8, 4) is 0 Å². The van der Waals surface area contributed by atoms with E-state index in [-0.39, 0.29) is 5.69 Å². The third kappa shape index (κ3) is 2.76. The lowest BCUT2D eigenvalue weighted by Gasteiger charge is -2.31. The summed E-state index contributed by atoms with van der Waals surface area (Å²) in [6.45, 7) is 1.70. The third-order valence-corrected chi connectivity index (χ3v) is 4.67. The molecule has 0 aliphatic carbocycles. The number of pyridine rings is 1. The van der Waals surface area contributed by atoms with E-state index >= 15 is 0 Å². The molecule has 2 aromatic carbocycles. The van der Waals surface area contributed by atoms with Crippen molar-refractivity contribution in [3.63, 3.8) is 0 Å². The molecule has 25 heavy (non-hydrogen) atoms. The van der Waals surface area contributed by atoms with Crippen LogP contribution in [0.2, 0.25) is 0 Å². The van der Waals surface area contributed by atoms with Crippen LogP contribution in [0.15, 0.2) is 48.5 Å². The van der Waals surface area contributed by atoms with Crippen LogP contribution >= 0.6 is 0 Å². The van der Waals surface area contributed by atoms with Gasteiger partial charge in [0.25, 0.3) is 5.69 Å². The summed E-state index contributed by atoms with van der Waals surface area (Å²) in [6, 6.07) is 14.9. The standard InChI is InChI=1S/C19H18N4O2/c20-18-15-7-4-10-22(12-13-5-2-1-3-6-13)19(15)21-17-9-8-14(23(24)25)11-16(17)18/h1-3,5-6,8-9,11H,4,7,10,12H2,(H2,20,21). The van der Waals surface area contributed by atoms with Crippen LogP contribution in [0.5, 0.6) is 0 Å². The Balaban J connectivity index is 1.80. The van der Waals surface area contributed by atoms with E-state index in [0.717, 1.165) is 37.3 Å². The molecule has 2 N–H and O–H groups in total. The van der Waals surface area contributed by atoms with Gasteiger partial charge in [0.2, 0.25) is 0 Å². The lowest BCUT2D eigenvalue weighted by atomic mass is 9.99. The van der Waals surface area contributed by atoms with Crippen LogP contribution in [-0.4, -0.2) is 16.5 Å². The van der Waals surface area contributed by atoms with Crippen molar-refractivity contribution >= 4 is 28.1 Å². The first-order valence-electron chi connectivity index (χ1n) is 8.29. The van der Waals surface area contributed by atoms with Crippen LogP contribution in [0.4, 0.5) is 17.2 Å². The largest absolute Gasteiger partial charge is 0.398 e. The van der Waals surface area contributed by atoms with Crippen molar-refractivity contribution in [1.82, 2.24) is 4.98 Å². The summed E-state index contributed by atoms with van der Waals surface area (Å²) in [5.74, 6) is 0.897. The maximum atomic E-state index is 11.0. The maximum absolute atomic E-state index is 11.0. The molecule has 0 atom stereocenters. The molecule has 1 aromatic heterocycles. The fourth-order valence-electron chi connectivity index (χ4n) is 3.43. The van der Waals surface area contributed by atoms with Crippen LogP contribution in [0.1, 0.15) is 17.5 Å². The Hall–Kier alpha value is -3.15. The Morgan fingerprint density at radius 3 is 2.76 bits per heavy atom. The van der Waals surface area contributed by atoms with Gasteiger partial charge in [0, 0.05) is 41.9 Å². The van der Waals surface area contributed by atoms with Crippen LogP contribution in [0.25, 0.3) is 10.9 Å². The number of nitro groups is 1. The summed E-state index contributed by atoms with van der Waals surface area (Å²) in [4.78, 5) is 17.7. The number of fused-ring (bicyclic) bond motifs is 2. The molecule has 0 unspecified atom stereocenters. The minimum Gasteiger partial charge on any atom is -0.398 e. The Bertz CT molecular complexity index is 957. The number of aromatic nitrogens is 1. The quantitative estimate of drug-likeness (QED) is 0.583. The molecule has 0 saturated heterocycles. The highest BCUT2D eigenvalue weighted by Gasteiger charge is 2.23. The van der Waals surface area contributed by atoms with Gasteiger partial charge in [0.15, 0.2) is 0 Å². The molecule has 0 bridgehead atoms. The first-order chi connectivity index (χ1) is 12.1. The fourth-order valence-corrected chi connectivity index (χ4v) is 3.43. The molecular weight excluding hydrogens is 316 g/mol. The number of nitrogens with two attached hydrogens (primary N) is 1. The molecule has 2 heterocycles. The number of nitrogens with zero attached hydrogens (tertiary/aromatic N) is 3. The SMILES string of the molecule is Nc1c2c(nc3ccc([N+](=O)[O-])cc13)N(Cc1ccccc1)CCC2. The zero-order valence-electron chi connectivity index (χ0n) is 13.7. The van der Waals surface area contributed by atoms with E-state index in [0.29, 0.717) is 16.6 Å². The topological polar surface area (TPSA) is 85.3 Å². The molecule has 3 aromatic rings. The van der Waals surface area contributed by atoms with E-state index < -0.39 is 4.92 Å². The van der Waals surface area contributed by atoms with Gasteiger partial charge in [-0.15, -0.1) is 0 Å². The number of benzene rings is 2. The average molecular weight is 334 g/mol. The predicted octanol–water partition coefficient (Wildman–Crippen LogP) is 3.68. The molecular formula is C19H18N4O2. The van der Waals surface area contributed by atoms with Crippen molar-refractivity contribution in [2.24, 2.45) is 0 Å². The maximum Gasteiger partial charge on any atom is 0.270 e. The van der Waals surface area contributed by atoms with Crippen molar-refractivity contribution < 1.29 is 4.92 Å². The van der Waals surface area contributed by atoms with E-state index in [1.165, 1.54) is 17.7 Å². The van der Waals surface area contributed by atoms with Crippen molar-refractivity contribution in [2.45, 2.75) is 19.4 Å². The Kier molecular flexibility index (Phi) is 3.72. The molecule has 0 radical (unpaired) electrons. The Labute approximate surface area is 145 Å². The van der Waals surface area contributed by atoms with Gasteiger partial charge in [0.1, 0.15) is 5.82 Å². The summed E-state index contributed by atoms with van der Waals surface area (Å²) >= 11 is 0. The molecule has 4 rings (SSSR count). The Morgan fingerprint density at radius 1 is 1.20 bits per heavy atom. The molecule has 0 fully saturated rings. The minimum atomic E-state index is -0.403. The molecule has 6 nitrogen and oxygen atoms in total. The van der Waals surface area contributed by atoms with Gasteiger partial charge >= 0.3 is 0 Å². The summed E-state index contributed by atoms with van der Waals surface area (Å²) in [7, 11) is 0. The lowest BCUT2D eigenvalue weighted by molar-refractivity contribution is -0.384. The van der Waals surface area contributed by atoms with E-state index in [9.17, 15) is 10.1 Å². The van der Waals surface area contributed by atoms with Crippen molar-refractivity contribution in [2.75, 3.05) is 17.2 Å². The second kappa shape index (κ2) is 6.05. The number of hydrogen-bond acceptors (Lipinski definition) is 5. The molecule has 0 saturated carbocycles. The first kappa shape index (κ1) is 15.4. The van der Waals surface area contributed by atoms with E-state index in [4.69, 9.17) is 10.7 Å². The smallest absolute Gasteiger partial charge is 0.270 e. The number of non-ortho nitro benzene ring substituents is 1. The van der Waals surface area contributed by atoms with Gasteiger partial charge < -0.3 is 10.6 Å². The van der Waals surface area contributed by atoms with E-state index in [1.54, 1.807) is 6.07 Å². The monoisotopic (exact) mass is 334 g/mol. The number of rotatable bonds is 3. The highest BCUT2D eigenvalue weighted by atomic mass is 16.6. The highest BCUT2D eigenvalue weighted by molar-refractivity contribution is 5.96. The van der Waals surface area contributed by atoms with Gasteiger partial charge in [-0.2, -0.15) is 0 Å². The zero-order chi connectivity index (χ0) is 17.4. The van der Waals surface area contributed by atoms with Crippen LogP contribution in [-0.2, 0) is 13.0 Å². The molecule has 0 spiro atoms. The Morgan fingerprint density at radius 2 is 2.00 bits per heavy atom. The highest BCUT2D eigenvalue weighted by Crippen LogP contribution is 2.36. The van der Waals surface area contributed by atoms with Crippen LogP contribution < -0.4 is 10.6 Å². The predicted molar refractivity (Wildman–Crippen MR) is 98.6 cm³/mol. The van der Waals surface area contributed by atoms with Crippen LogP contribution in [0.3, 0.4) is 0 Å². The van der Waals surface area contributed by atoms with Gasteiger partial charge in [-0.05, 0) is 24.5 Å². The molecule has 126 valence electrons. The molecule has 6 heteroatoms. The first-order valence-corrected chi connectivity index (χ1v) is 8.29. The van der Waals surface area contributed by atoms with Crippen molar-refractivity contribution in [3.05, 3.63) is 69.8 Å². The summed E-state index contributed by atoms with van der Waals surface area (Å²) in [5, 5.41) is 11.7. The lowest BCUT2D eigenvalue weighted by Crippen LogP contribution is -2.30. The summed E-state index contributed by atoms with van der Waals surface area (Å²) in [6.07, 6.45) is 1.84. The second-order valence-electron chi connectivity index (χ2n) is 6.30. The second-order valence-corrected chi connectivity index (χ2v) is 6.30. The molecule has 1 aliphatic heterocycles. The van der Waals surface area contributed by atoms with E-state index in [1.807, 2.05) is 18.2 Å². The van der Waals surface area contributed by atoms with Crippen molar-refractivity contribution in [1.29, 1.82) is 0 Å². The zero-order valence-corrected chi connectivity index (χ0v) is 13.7. The molecule has 1 aliphatic rings. The normalized spacial score (nSPS) is 13.7. The number of anilines is 2. The van der Waals surface area contributed by atoms with Gasteiger partial charge in [-0.3, -0.25) is 10.1 Å². The van der Waals surface area contributed by atoms with Gasteiger partial charge in [0.05, 0.1) is 10.4 Å². The minimum absolute atomic E-state index is 0.0397. The third-order valence-electron chi connectivity index (χ3n) is 4.67. The van der Waals surface area contributed by atoms with Crippen LogP contribution in [0, 0.1) is 10.1 Å². The number of nitrogen functional groups attached to an aromatic ring is 1. The summed E-state index contributed by atoms with van der Waals surface area (Å²) in [5.41, 5.74) is 9.94. The average Bonchev–Trinajstić information content (AvgIpc) is 2.63. The molecule has 0 amide bonds. The fraction of sp³-hybridized carbons (Fsp3) is 0.211. The van der Waals surface area contributed by atoms with E-state index in [2.05, 4.69) is 17.0 Å².